The second kappa shape index (κ2) is 6.75. The van der Waals surface area contributed by atoms with Crippen molar-refractivity contribution in [2.24, 2.45) is 0 Å². The van der Waals surface area contributed by atoms with Crippen LogP contribution < -0.4 is 16.6 Å². The highest BCUT2D eigenvalue weighted by molar-refractivity contribution is 6.23. The lowest BCUT2D eigenvalue weighted by Gasteiger charge is -2.16. The summed E-state index contributed by atoms with van der Waals surface area (Å²) in [5, 5.41) is 6.23. The minimum absolute atomic E-state index is 0.0706. The number of hydrogen-bond donors (Lipinski definition) is 2. The first-order valence-electron chi connectivity index (χ1n) is 8.65. The maximum Gasteiger partial charge on any atom is 0.340 e. The van der Waals surface area contributed by atoms with Crippen molar-refractivity contribution in [3.8, 4) is 11.4 Å². The number of rotatable bonds is 4. The lowest BCUT2D eigenvalue weighted by Crippen LogP contribution is -2.26. The third-order valence-corrected chi connectivity index (χ3v) is 4.44. The van der Waals surface area contributed by atoms with E-state index in [1.807, 2.05) is 0 Å². The van der Waals surface area contributed by atoms with E-state index in [4.69, 9.17) is 10.5 Å². The highest BCUT2D eigenvalue weighted by Gasteiger charge is 2.32. The largest absolute Gasteiger partial charge is 0.462 e. The van der Waals surface area contributed by atoms with Crippen molar-refractivity contribution in [1.29, 1.82) is 0 Å². The van der Waals surface area contributed by atoms with Gasteiger partial charge in [-0.05, 0) is 31.2 Å². The van der Waals surface area contributed by atoms with E-state index in [1.165, 1.54) is 16.8 Å². The fraction of sp³-hybridized carbons (Fsp3) is 0.105. The van der Waals surface area contributed by atoms with Crippen LogP contribution in [-0.2, 0) is 4.74 Å². The van der Waals surface area contributed by atoms with Gasteiger partial charge >= 0.3 is 5.97 Å². The highest BCUT2D eigenvalue weighted by Crippen LogP contribution is 2.26. The smallest absolute Gasteiger partial charge is 0.340 e. The fourth-order valence-electron chi connectivity index (χ4n) is 3.18. The van der Waals surface area contributed by atoms with Crippen molar-refractivity contribution >= 4 is 23.6 Å². The summed E-state index contributed by atoms with van der Waals surface area (Å²) in [6.07, 6.45) is 3.26. The summed E-state index contributed by atoms with van der Waals surface area (Å²) in [6.45, 7) is 1.78. The lowest BCUT2D eigenvalue weighted by atomic mass is 10.1. The maximum atomic E-state index is 12.8. The van der Waals surface area contributed by atoms with E-state index in [2.05, 4.69) is 10.4 Å². The maximum absolute atomic E-state index is 12.8. The van der Waals surface area contributed by atoms with Crippen LogP contribution in [0.25, 0.3) is 11.4 Å². The minimum atomic E-state index is -0.711. The summed E-state index contributed by atoms with van der Waals surface area (Å²) in [6, 6.07) is 7.37. The zero-order chi connectivity index (χ0) is 20.7. The molecule has 1 aliphatic rings. The summed E-state index contributed by atoms with van der Waals surface area (Å²) < 4.78 is 7.62. The SMILES string of the molecule is CCOC(=O)c1ccc(-n2cccn2)cc1-n1c(N)c2c(cc1=O)C(=O)NC2=O. The van der Waals surface area contributed by atoms with Crippen LogP contribution in [0.2, 0.25) is 0 Å². The molecule has 0 radical (unpaired) electrons. The van der Waals surface area contributed by atoms with Crippen molar-refractivity contribution < 1.29 is 19.1 Å². The number of fused-ring (bicyclic) bond motifs is 1. The summed E-state index contributed by atoms with van der Waals surface area (Å²) >= 11 is 0. The fourth-order valence-corrected chi connectivity index (χ4v) is 3.18. The normalized spacial score (nSPS) is 12.6. The molecule has 0 fully saturated rings. The molecule has 1 aliphatic heterocycles. The Morgan fingerprint density at radius 2 is 2.00 bits per heavy atom. The molecule has 0 aliphatic carbocycles. The average molecular weight is 393 g/mol. The first-order chi connectivity index (χ1) is 13.9. The van der Waals surface area contributed by atoms with Crippen LogP contribution >= 0.6 is 0 Å². The number of carbonyl (C=O) groups excluding carboxylic acids is 3. The lowest BCUT2D eigenvalue weighted by molar-refractivity contribution is 0.0526. The van der Waals surface area contributed by atoms with E-state index in [0.717, 1.165) is 10.6 Å². The van der Waals surface area contributed by atoms with Crippen LogP contribution in [0.1, 0.15) is 38.0 Å². The molecule has 0 atom stereocenters. The van der Waals surface area contributed by atoms with Gasteiger partial charge in [-0.3, -0.25) is 24.3 Å². The molecule has 0 saturated carbocycles. The number of ether oxygens (including phenoxy) is 1. The molecule has 3 aromatic rings. The Morgan fingerprint density at radius 1 is 1.21 bits per heavy atom. The molecule has 2 amide bonds. The Kier molecular flexibility index (Phi) is 4.23. The van der Waals surface area contributed by atoms with Crippen LogP contribution in [-0.4, -0.2) is 38.7 Å². The molecule has 29 heavy (non-hydrogen) atoms. The van der Waals surface area contributed by atoms with E-state index < -0.39 is 23.3 Å². The van der Waals surface area contributed by atoms with Gasteiger partial charge in [-0.15, -0.1) is 0 Å². The van der Waals surface area contributed by atoms with Gasteiger partial charge in [0.15, 0.2) is 0 Å². The molecule has 1 aromatic carbocycles. The standard InChI is InChI=1S/C19H15N5O5/c1-2-29-19(28)11-5-4-10(23-7-3-6-21-23)8-13(11)24-14(25)9-12-15(16(24)20)18(27)22-17(12)26/h3-9H,2,20H2,1H3,(H,22,26,27). The molecular formula is C19H15N5O5. The number of amides is 2. The van der Waals surface area contributed by atoms with Gasteiger partial charge in [0, 0.05) is 18.5 Å². The minimum Gasteiger partial charge on any atom is -0.462 e. The monoisotopic (exact) mass is 393 g/mol. The Balaban J connectivity index is 2.01. The Hall–Kier alpha value is -4.21. The quantitative estimate of drug-likeness (QED) is 0.490. The molecule has 2 aromatic heterocycles. The molecule has 146 valence electrons. The predicted octanol–water partition coefficient (Wildman–Crippen LogP) is 0.666. The molecule has 0 unspecified atom stereocenters. The van der Waals surface area contributed by atoms with Crippen LogP contribution in [0, 0.1) is 0 Å². The van der Waals surface area contributed by atoms with E-state index in [0.29, 0.717) is 5.69 Å². The number of nitrogens with zero attached hydrogens (tertiary/aromatic N) is 3. The first-order valence-corrected chi connectivity index (χ1v) is 8.65. The molecule has 4 rings (SSSR count). The Morgan fingerprint density at radius 3 is 2.69 bits per heavy atom. The van der Waals surface area contributed by atoms with E-state index >= 15 is 0 Å². The van der Waals surface area contributed by atoms with Gasteiger partial charge in [-0.25, -0.2) is 9.48 Å². The zero-order valence-electron chi connectivity index (χ0n) is 15.2. The number of hydrogen-bond acceptors (Lipinski definition) is 7. The predicted molar refractivity (Wildman–Crippen MR) is 101 cm³/mol. The first kappa shape index (κ1) is 18.2. The van der Waals surface area contributed by atoms with Gasteiger partial charge in [0.2, 0.25) is 0 Å². The molecule has 0 spiro atoms. The van der Waals surface area contributed by atoms with Crippen LogP contribution in [0.15, 0.2) is 47.5 Å². The van der Waals surface area contributed by atoms with E-state index in [9.17, 15) is 19.2 Å². The van der Waals surface area contributed by atoms with Crippen molar-refractivity contribution in [3.63, 3.8) is 0 Å². The molecular weight excluding hydrogens is 378 g/mol. The average Bonchev–Trinajstić information content (AvgIpc) is 3.30. The number of nitrogens with one attached hydrogen (secondary N) is 1. The second-order valence-corrected chi connectivity index (χ2v) is 6.15. The van der Waals surface area contributed by atoms with E-state index in [1.54, 1.807) is 31.5 Å². The third kappa shape index (κ3) is 2.87. The number of esters is 1. The van der Waals surface area contributed by atoms with Crippen LogP contribution in [0.5, 0.6) is 0 Å². The number of imide groups is 1. The van der Waals surface area contributed by atoms with Gasteiger partial charge in [0.25, 0.3) is 17.4 Å². The van der Waals surface area contributed by atoms with E-state index in [-0.39, 0.29) is 34.8 Å². The van der Waals surface area contributed by atoms with Crippen molar-refractivity contribution in [2.75, 3.05) is 12.3 Å². The van der Waals surface area contributed by atoms with Gasteiger partial charge in [0.05, 0.1) is 34.7 Å². The molecule has 0 bridgehead atoms. The van der Waals surface area contributed by atoms with Gasteiger partial charge < -0.3 is 10.5 Å². The molecule has 0 saturated heterocycles. The van der Waals surface area contributed by atoms with Crippen LogP contribution in [0.3, 0.4) is 0 Å². The number of aromatic nitrogens is 3. The third-order valence-electron chi connectivity index (χ3n) is 4.44. The molecule has 3 heterocycles. The van der Waals surface area contributed by atoms with Gasteiger partial charge in [0.1, 0.15) is 5.82 Å². The molecule has 10 nitrogen and oxygen atoms in total. The number of anilines is 1. The van der Waals surface area contributed by atoms with Crippen molar-refractivity contribution in [2.45, 2.75) is 6.92 Å². The van der Waals surface area contributed by atoms with Gasteiger partial charge in [-0.2, -0.15) is 5.10 Å². The highest BCUT2D eigenvalue weighted by atomic mass is 16.5. The summed E-state index contributed by atoms with van der Waals surface area (Å²) in [5.74, 6) is -2.32. The second-order valence-electron chi connectivity index (χ2n) is 6.15. The Bertz CT molecular complexity index is 1230. The van der Waals surface area contributed by atoms with Crippen molar-refractivity contribution in [1.82, 2.24) is 19.7 Å². The number of benzene rings is 1. The number of pyridine rings is 1. The topological polar surface area (TPSA) is 138 Å². The van der Waals surface area contributed by atoms with Crippen LogP contribution in [0.4, 0.5) is 5.82 Å². The zero-order valence-corrected chi connectivity index (χ0v) is 15.2. The summed E-state index contributed by atoms with van der Waals surface area (Å²) in [4.78, 5) is 49.3. The summed E-state index contributed by atoms with van der Waals surface area (Å²) in [5.41, 5.74) is 5.94. The molecule has 3 N–H and O–H groups in total. The number of nitrogens with two attached hydrogens (primary N) is 1. The number of nitrogen functional groups attached to an aromatic ring is 1. The Labute approximate surface area is 163 Å². The molecule has 10 heteroatoms. The summed E-state index contributed by atoms with van der Waals surface area (Å²) in [7, 11) is 0. The number of carbonyl (C=O) groups is 3. The van der Waals surface area contributed by atoms with Crippen molar-refractivity contribution in [3.05, 3.63) is 69.8 Å². The van der Waals surface area contributed by atoms with Gasteiger partial charge in [-0.1, -0.05) is 0 Å².